The third-order valence-electron chi connectivity index (χ3n) is 2.57. The summed E-state index contributed by atoms with van der Waals surface area (Å²) in [4.78, 5) is 2.46. The molecule has 2 atom stereocenters. The summed E-state index contributed by atoms with van der Waals surface area (Å²) in [7, 11) is 0. The van der Waals surface area contributed by atoms with Gasteiger partial charge < -0.3 is 10.0 Å². The van der Waals surface area contributed by atoms with Crippen LogP contribution in [-0.4, -0.2) is 35.7 Å². The normalized spacial score (nSPS) is 32.8. The lowest BCUT2D eigenvalue weighted by Gasteiger charge is -2.35. The molecule has 1 rings (SSSR count). The van der Waals surface area contributed by atoms with E-state index in [1.54, 1.807) is 0 Å². The van der Waals surface area contributed by atoms with Gasteiger partial charge in [-0.3, -0.25) is 0 Å². The topological polar surface area (TPSA) is 23.5 Å². The average molecular weight is 171 g/mol. The maximum absolute atomic E-state index is 9.50. The zero-order valence-electron chi connectivity index (χ0n) is 8.45. The summed E-state index contributed by atoms with van der Waals surface area (Å²) in [6, 6.07) is 0. The van der Waals surface area contributed by atoms with Crippen molar-refractivity contribution < 1.29 is 5.11 Å². The number of aliphatic hydroxyl groups is 1. The van der Waals surface area contributed by atoms with Gasteiger partial charge in [0.15, 0.2) is 0 Å². The van der Waals surface area contributed by atoms with E-state index < -0.39 is 0 Å². The number of piperidine rings is 1. The van der Waals surface area contributed by atoms with E-state index in [0.29, 0.717) is 5.92 Å². The largest absolute Gasteiger partial charge is 0.393 e. The van der Waals surface area contributed by atoms with E-state index in [0.717, 1.165) is 25.4 Å². The van der Waals surface area contributed by atoms with Crippen molar-refractivity contribution in [2.24, 2.45) is 11.8 Å². The summed E-state index contributed by atoms with van der Waals surface area (Å²) < 4.78 is 0. The lowest BCUT2D eigenvalue weighted by molar-refractivity contribution is 0.0309. The molecular weight excluding hydrogens is 150 g/mol. The van der Waals surface area contributed by atoms with Gasteiger partial charge in [0.1, 0.15) is 0 Å². The molecule has 1 aliphatic heterocycles. The Bertz CT molecular complexity index is 136. The van der Waals surface area contributed by atoms with Crippen LogP contribution in [0.3, 0.4) is 0 Å². The third kappa shape index (κ3) is 2.76. The molecular formula is C10H21NO. The first kappa shape index (κ1) is 10.0. The molecule has 0 unspecified atom stereocenters. The van der Waals surface area contributed by atoms with E-state index in [4.69, 9.17) is 0 Å². The maximum atomic E-state index is 9.50. The average Bonchev–Trinajstić information content (AvgIpc) is 1.96. The Morgan fingerprint density at radius 1 is 1.50 bits per heavy atom. The Morgan fingerprint density at radius 3 is 2.67 bits per heavy atom. The lowest BCUT2D eigenvalue weighted by atomic mass is 9.96. The zero-order chi connectivity index (χ0) is 9.14. The highest BCUT2D eigenvalue weighted by Gasteiger charge is 2.23. The Hall–Kier alpha value is -0.0800. The molecule has 0 aliphatic carbocycles. The molecule has 12 heavy (non-hydrogen) atoms. The fourth-order valence-electron chi connectivity index (χ4n) is 1.90. The van der Waals surface area contributed by atoms with Crippen molar-refractivity contribution in [2.45, 2.75) is 33.3 Å². The molecule has 0 bridgehead atoms. The van der Waals surface area contributed by atoms with Gasteiger partial charge in [0, 0.05) is 19.6 Å². The molecule has 0 saturated carbocycles. The highest BCUT2D eigenvalue weighted by molar-refractivity contribution is 4.77. The highest BCUT2D eigenvalue weighted by Crippen LogP contribution is 2.17. The number of nitrogens with zero attached hydrogens (tertiary/aromatic N) is 1. The van der Waals surface area contributed by atoms with Crippen LogP contribution in [0.1, 0.15) is 27.2 Å². The second kappa shape index (κ2) is 4.24. The van der Waals surface area contributed by atoms with Crippen molar-refractivity contribution in [3.05, 3.63) is 0 Å². The molecule has 0 spiro atoms. The molecule has 2 nitrogen and oxygen atoms in total. The smallest absolute Gasteiger partial charge is 0.0590 e. The minimum absolute atomic E-state index is 0.0617. The second-order valence-corrected chi connectivity index (χ2v) is 4.49. The van der Waals surface area contributed by atoms with Crippen LogP contribution in [-0.2, 0) is 0 Å². The summed E-state index contributed by atoms with van der Waals surface area (Å²) >= 11 is 0. The van der Waals surface area contributed by atoms with E-state index in [2.05, 4.69) is 25.7 Å². The summed E-state index contributed by atoms with van der Waals surface area (Å²) in [6.45, 7) is 9.95. The van der Waals surface area contributed by atoms with E-state index >= 15 is 0 Å². The fourth-order valence-corrected chi connectivity index (χ4v) is 1.90. The van der Waals surface area contributed by atoms with E-state index in [1.807, 2.05) is 0 Å². The highest BCUT2D eigenvalue weighted by atomic mass is 16.3. The number of hydrogen-bond donors (Lipinski definition) is 1. The van der Waals surface area contributed by atoms with Crippen LogP contribution in [0.5, 0.6) is 0 Å². The van der Waals surface area contributed by atoms with Gasteiger partial charge in [0.05, 0.1) is 6.10 Å². The number of aliphatic hydroxyl groups excluding tert-OH is 1. The van der Waals surface area contributed by atoms with Crippen molar-refractivity contribution in [2.75, 3.05) is 19.6 Å². The van der Waals surface area contributed by atoms with Crippen LogP contribution in [0, 0.1) is 11.8 Å². The Labute approximate surface area is 75.6 Å². The molecule has 1 saturated heterocycles. The van der Waals surface area contributed by atoms with Crippen molar-refractivity contribution in [3.63, 3.8) is 0 Å². The predicted octanol–water partition coefficient (Wildman–Crippen LogP) is 1.35. The molecule has 0 aromatic rings. The fraction of sp³-hybridized carbons (Fsp3) is 1.00. The SMILES string of the molecule is CC(C)CN1CC[C@@H](O)[C@H](C)C1. The lowest BCUT2D eigenvalue weighted by Crippen LogP contribution is -2.43. The van der Waals surface area contributed by atoms with Gasteiger partial charge in [0.25, 0.3) is 0 Å². The Kier molecular flexibility index (Phi) is 3.53. The van der Waals surface area contributed by atoms with Gasteiger partial charge in [-0.1, -0.05) is 20.8 Å². The van der Waals surface area contributed by atoms with Crippen LogP contribution in [0.15, 0.2) is 0 Å². The summed E-state index contributed by atoms with van der Waals surface area (Å²) in [5.74, 6) is 1.20. The van der Waals surface area contributed by atoms with Gasteiger partial charge in [-0.2, -0.15) is 0 Å². The Morgan fingerprint density at radius 2 is 2.17 bits per heavy atom. The molecule has 1 heterocycles. The molecule has 1 aliphatic rings. The second-order valence-electron chi connectivity index (χ2n) is 4.49. The molecule has 2 heteroatoms. The van der Waals surface area contributed by atoms with Crippen molar-refractivity contribution in [3.8, 4) is 0 Å². The molecule has 1 fully saturated rings. The van der Waals surface area contributed by atoms with Gasteiger partial charge in [-0.05, 0) is 18.3 Å². The number of rotatable bonds is 2. The quantitative estimate of drug-likeness (QED) is 0.678. The first-order chi connectivity index (χ1) is 5.59. The summed E-state index contributed by atoms with van der Waals surface area (Å²) in [5.41, 5.74) is 0. The summed E-state index contributed by atoms with van der Waals surface area (Å²) in [5, 5.41) is 9.50. The predicted molar refractivity (Wildman–Crippen MR) is 51.1 cm³/mol. The zero-order valence-corrected chi connectivity index (χ0v) is 8.45. The van der Waals surface area contributed by atoms with Crippen LogP contribution in [0.2, 0.25) is 0 Å². The maximum Gasteiger partial charge on any atom is 0.0590 e. The molecule has 0 aromatic heterocycles. The molecule has 0 aromatic carbocycles. The van der Waals surface area contributed by atoms with Gasteiger partial charge >= 0.3 is 0 Å². The van der Waals surface area contributed by atoms with Crippen LogP contribution < -0.4 is 0 Å². The van der Waals surface area contributed by atoms with Crippen LogP contribution in [0.25, 0.3) is 0 Å². The minimum atomic E-state index is -0.0617. The summed E-state index contributed by atoms with van der Waals surface area (Å²) in [6.07, 6.45) is 0.891. The van der Waals surface area contributed by atoms with Crippen molar-refractivity contribution in [1.82, 2.24) is 4.90 Å². The Balaban J connectivity index is 2.30. The minimum Gasteiger partial charge on any atom is -0.393 e. The monoisotopic (exact) mass is 171 g/mol. The number of hydrogen-bond acceptors (Lipinski definition) is 2. The molecule has 0 amide bonds. The first-order valence-electron chi connectivity index (χ1n) is 5.00. The molecule has 1 N–H and O–H groups in total. The van der Waals surface area contributed by atoms with Crippen molar-refractivity contribution >= 4 is 0 Å². The van der Waals surface area contributed by atoms with Crippen LogP contribution >= 0.6 is 0 Å². The van der Waals surface area contributed by atoms with E-state index in [-0.39, 0.29) is 6.10 Å². The van der Waals surface area contributed by atoms with Gasteiger partial charge in [0.2, 0.25) is 0 Å². The van der Waals surface area contributed by atoms with Gasteiger partial charge in [-0.25, -0.2) is 0 Å². The van der Waals surface area contributed by atoms with Crippen LogP contribution in [0.4, 0.5) is 0 Å². The van der Waals surface area contributed by atoms with Gasteiger partial charge in [-0.15, -0.1) is 0 Å². The third-order valence-corrected chi connectivity index (χ3v) is 2.57. The molecule has 72 valence electrons. The van der Waals surface area contributed by atoms with Crippen molar-refractivity contribution in [1.29, 1.82) is 0 Å². The number of likely N-dealkylation sites (tertiary alicyclic amines) is 1. The van der Waals surface area contributed by atoms with E-state index in [9.17, 15) is 5.11 Å². The standard InChI is InChI=1S/C10H21NO/c1-8(2)6-11-5-4-10(12)9(3)7-11/h8-10,12H,4-7H2,1-3H3/t9-,10-/m1/s1. The molecule has 0 radical (unpaired) electrons. The first-order valence-corrected chi connectivity index (χ1v) is 5.00. The van der Waals surface area contributed by atoms with E-state index in [1.165, 1.54) is 6.54 Å².